The summed E-state index contributed by atoms with van der Waals surface area (Å²) in [7, 11) is 1.56. The van der Waals surface area contributed by atoms with Gasteiger partial charge in [0.2, 0.25) is 11.8 Å². The molecule has 2 fully saturated rings. The Kier molecular flexibility index (Phi) is 5.52. The molecule has 2 aliphatic heterocycles. The van der Waals surface area contributed by atoms with Gasteiger partial charge in [-0.1, -0.05) is 24.9 Å². The van der Waals surface area contributed by atoms with Gasteiger partial charge in [0.15, 0.2) is 0 Å². The normalized spacial score (nSPS) is 23.9. The van der Waals surface area contributed by atoms with Gasteiger partial charge in [0.25, 0.3) is 0 Å². The van der Waals surface area contributed by atoms with Crippen LogP contribution in [-0.4, -0.2) is 43.5 Å². The third-order valence-corrected chi connectivity index (χ3v) is 5.55. The Morgan fingerprint density at radius 3 is 2.88 bits per heavy atom. The maximum absolute atomic E-state index is 12.9. The summed E-state index contributed by atoms with van der Waals surface area (Å²) in [5, 5.41) is 0.542. The van der Waals surface area contributed by atoms with Gasteiger partial charge in [-0.15, -0.1) is 0 Å². The first-order chi connectivity index (χ1) is 12.0. The molecule has 2 saturated heterocycles. The standard InChI is InChI=1S/C19H25ClN2O3/c1-3-13-5-4-8-21(11-13)19(24)14-9-18(23)22(12-14)16-10-15(20)6-7-17(16)25-2/h6-7,10,13-14H,3-5,8-9,11-12H2,1-2H3. The number of amides is 2. The van der Waals surface area contributed by atoms with E-state index < -0.39 is 0 Å². The number of benzene rings is 1. The number of rotatable bonds is 4. The zero-order chi connectivity index (χ0) is 18.0. The second kappa shape index (κ2) is 7.65. The lowest BCUT2D eigenvalue weighted by atomic mass is 9.94. The number of hydrogen-bond donors (Lipinski definition) is 0. The van der Waals surface area contributed by atoms with Crippen LogP contribution in [0.5, 0.6) is 5.75 Å². The van der Waals surface area contributed by atoms with Crippen molar-refractivity contribution in [1.29, 1.82) is 0 Å². The van der Waals surface area contributed by atoms with Gasteiger partial charge in [0.1, 0.15) is 5.75 Å². The van der Waals surface area contributed by atoms with Crippen LogP contribution in [0.2, 0.25) is 5.02 Å². The van der Waals surface area contributed by atoms with Gasteiger partial charge >= 0.3 is 0 Å². The second-order valence-corrected chi connectivity index (χ2v) is 7.36. The van der Waals surface area contributed by atoms with E-state index in [1.54, 1.807) is 30.2 Å². The van der Waals surface area contributed by atoms with Gasteiger partial charge in [-0.2, -0.15) is 0 Å². The Labute approximate surface area is 153 Å². The van der Waals surface area contributed by atoms with Crippen LogP contribution in [-0.2, 0) is 9.59 Å². The molecule has 6 heteroatoms. The zero-order valence-corrected chi connectivity index (χ0v) is 15.6. The molecule has 136 valence electrons. The highest BCUT2D eigenvalue weighted by Gasteiger charge is 2.39. The Morgan fingerprint density at radius 1 is 1.36 bits per heavy atom. The van der Waals surface area contributed by atoms with Crippen LogP contribution in [0.4, 0.5) is 5.69 Å². The smallest absolute Gasteiger partial charge is 0.228 e. The first kappa shape index (κ1) is 18.1. The van der Waals surface area contributed by atoms with Crippen molar-refractivity contribution in [2.75, 3.05) is 31.6 Å². The molecule has 5 nitrogen and oxygen atoms in total. The van der Waals surface area contributed by atoms with Gasteiger partial charge < -0.3 is 14.5 Å². The fraction of sp³-hybridized carbons (Fsp3) is 0.579. The lowest BCUT2D eigenvalue weighted by Crippen LogP contribution is -2.43. The van der Waals surface area contributed by atoms with Crippen LogP contribution < -0.4 is 9.64 Å². The number of ether oxygens (including phenoxy) is 1. The lowest BCUT2D eigenvalue weighted by molar-refractivity contribution is -0.137. The van der Waals surface area contributed by atoms with Gasteiger partial charge in [-0.05, 0) is 37.0 Å². The zero-order valence-electron chi connectivity index (χ0n) is 14.8. The largest absolute Gasteiger partial charge is 0.495 e. The molecule has 2 heterocycles. The summed E-state index contributed by atoms with van der Waals surface area (Å²) in [6.45, 7) is 4.19. The molecule has 1 aromatic rings. The van der Waals surface area contributed by atoms with E-state index >= 15 is 0 Å². The minimum Gasteiger partial charge on any atom is -0.495 e. The molecule has 0 spiro atoms. The van der Waals surface area contributed by atoms with Crippen LogP contribution >= 0.6 is 11.6 Å². The first-order valence-corrected chi connectivity index (χ1v) is 9.34. The van der Waals surface area contributed by atoms with Crippen LogP contribution in [0.25, 0.3) is 0 Å². The quantitative estimate of drug-likeness (QED) is 0.823. The molecule has 0 radical (unpaired) electrons. The SMILES string of the molecule is CCC1CCCN(C(=O)C2CC(=O)N(c3cc(Cl)ccc3OC)C2)C1. The Balaban J connectivity index is 1.74. The average molecular weight is 365 g/mol. The number of halogens is 1. The van der Waals surface area contributed by atoms with Crippen LogP contribution in [0, 0.1) is 11.8 Å². The fourth-order valence-electron chi connectivity index (χ4n) is 3.84. The molecule has 0 saturated carbocycles. The minimum absolute atomic E-state index is 0.0528. The van der Waals surface area contributed by atoms with E-state index in [0.717, 1.165) is 25.9 Å². The van der Waals surface area contributed by atoms with Crippen molar-refractivity contribution in [3.63, 3.8) is 0 Å². The van der Waals surface area contributed by atoms with Crippen LogP contribution in [0.15, 0.2) is 18.2 Å². The van der Waals surface area contributed by atoms with Crippen molar-refractivity contribution >= 4 is 29.1 Å². The molecule has 0 bridgehead atoms. The Morgan fingerprint density at radius 2 is 2.16 bits per heavy atom. The van der Waals surface area contributed by atoms with E-state index in [1.807, 2.05) is 4.90 Å². The molecule has 3 rings (SSSR count). The summed E-state index contributed by atoms with van der Waals surface area (Å²) in [4.78, 5) is 29.0. The number of carbonyl (C=O) groups is 2. The van der Waals surface area contributed by atoms with Crippen molar-refractivity contribution in [2.45, 2.75) is 32.6 Å². The minimum atomic E-state index is -0.285. The first-order valence-electron chi connectivity index (χ1n) is 8.96. The highest BCUT2D eigenvalue weighted by molar-refractivity contribution is 6.31. The lowest BCUT2D eigenvalue weighted by Gasteiger charge is -2.33. The molecule has 2 aliphatic rings. The van der Waals surface area contributed by atoms with E-state index in [4.69, 9.17) is 16.3 Å². The molecular formula is C19H25ClN2O3. The van der Waals surface area contributed by atoms with E-state index in [-0.39, 0.29) is 24.2 Å². The van der Waals surface area contributed by atoms with E-state index in [1.165, 1.54) is 6.42 Å². The number of hydrogen-bond acceptors (Lipinski definition) is 3. The molecule has 25 heavy (non-hydrogen) atoms. The third-order valence-electron chi connectivity index (χ3n) is 5.31. The monoisotopic (exact) mass is 364 g/mol. The summed E-state index contributed by atoms with van der Waals surface area (Å²) >= 11 is 6.08. The summed E-state index contributed by atoms with van der Waals surface area (Å²) < 4.78 is 5.35. The number of carbonyl (C=O) groups excluding carboxylic acids is 2. The summed E-state index contributed by atoms with van der Waals surface area (Å²) in [6, 6.07) is 5.20. The summed E-state index contributed by atoms with van der Waals surface area (Å²) in [6.07, 6.45) is 3.59. The van der Waals surface area contributed by atoms with Crippen molar-refractivity contribution in [3.8, 4) is 5.75 Å². The molecule has 2 amide bonds. The fourth-order valence-corrected chi connectivity index (χ4v) is 4.00. The Bertz CT molecular complexity index is 664. The van der Waals surface area contributed by atoms with Crippen LogP contribution in [0.3, 0.4) is 0 Å². The maximum atomic E-state index is 12.9. The number of piperidine rings is 1. The van der Waals surface area contributed by atoms with Crippen molar-refractivity contribution in [1.82, 2.24) is 4.90 Å². The number of methoxy groups -OCH3 is 1. The Hall–Kier alpha value is -1.75. The highest BCUT2D eigenvalue weighted by Crippen LogP contribution is 2.36. The van der Waals surface area contributed by atoms with Gasteiger partial charge in [0.05, 0.1) is 18.7 Å². The molecule has 0 aromatic heterocycles. The van der Waals surface area contributed by atoms with Crippen molar-refractivity contribution in [2.24, 2.45) is 11.8 Å². The molecule has 0 N–H and O–H groups in total. The highest BCUT2D eigenvalue weighted by atomic mass is 35.5. The third kappa shape index (κ3) is 3.76. The predicted molar refractivity (Wildman–Crippen MR) is 98.1 cm³/mol. The number of nitrogens with zero attached hydrogens (tertiary/aromatic N) is 2. The van der Waals surface area contributed by atoms with Gasteiger partial charge in [0, 0.05) is 31.1 Å². The molecule has 2 atom stereocenters. The summed E-state index contributed by atoms with van der Waals surface area (Å²) in [5.74, 6) is 0.943. The molecule has 1 aromatic carbocycles. The van der Waals surface area contributed by atoms with E-state index in [2.05, 4.69) is 6.92 Å². The maximum Gasteiger partial charge on any atom is 0.228 e. The van der Waals surface area contributed by atoms with Gasteiger partial charge in [-0.3, -0.25) is 9.59 Å². The van der Waals surface area contributed by atoms with Crippen molar-refractivity contribution in [3.05, 3.63) is 23.2 Å². The number of likely N-dealkylation sites (tertiary alicyclic amines) is 1. The molecule has 0 aliphatic carbocycles. The predicted octanol–water partition coefficient (Wildman–Crippen LogP) is 3.35. The number of anilines is 1. The van der Waals surface area contributed by atoms with Gasteiger partial charge in [-0.25, -0.2) is 0 Å². The van der Waals surface area contributed by atoms with E-state index in [0.29, 0.717) is 28.9 Å². The molecular weight excluding hydrogens is 340 g/mol. The second-order valence-electron chi connectivity index (χ2n) is 6.92. The average Bonchev–Trinajstić information content (AvgIpc) is 3.02. The molecule has 2 unspecified atom stereocenters. The van der Waals surface area contributed by atoms with Crippen molar-refractivity contribution < 1.29 is 14.3 Å². The van der Waals surface area contributed by atoms with Crippen LogP contribution in [0.1, 0.15) is 32.6 Å². The topological polar surface area (TPSA) is 49.9 Å². The van der Waals surface area contributed by atoms with E-state index in [9.17, 15) is 9.59 Å². The summed E-state index contributed by atoms with van der Waals surface area (Å²) in [5.41, 5.74) is 0.639.